The summed E-state index contributed by atoms with van der Waals surface area (Å²) in [5, 5.41) is 7.77. The number of anilines is 2. The zero-order valence-electron chi connectivity index (χ0n) is 14.6. The van der Waals surface area contributed by atoms with E-state index in [0.717, 1.165) is 34.3 Å². The molecule has 136 valence electrons. The lowest BCUT2D eigenvalue weighted by molar-refractivity contribution is 0.603. The molecule has 5 N–H and O–H groups in total. The van der Waals surface area contributed by atoms with Gasteiger partial charge in [-0.25, -0.2) is 14.4 Å². The summed E-state index contributed by atoms with van der Waals surface area (Å²) in [4.78, 5) is 8.65. The second-order valence-electron chi connectivity index (χ2n) is 6.42. The van der Waals surface area contributed by atoms with Crippen LogP contribution in [0.1, 0.15) is 17.7 Å². The quantitative estimate of drug-likeness (QED) is 0.504. The van der Waals surface area contributed by atoms with Crippen LogP contribution in [0.2, 0.25) is 0 Å². The van der Waals surface area contributed by atoms with Gasteiger partial charge < -0.3 is 11.5 Å². The molecule has 0 aliphatic heterocycles. The van der Waals surface area contributed by atoms with Crippen LogP contribution in [0.25, 0.3) is 22.2 Å². The van der Waals surface area contributed by atoms with Gasteiger partial charge in [-0.15, -0.1) is 0 Å². The number of nitrogens with two attached hydrogens (primary N) is 2. The van der Waals surface area contributed by atoms with E-state index in [1.165, 1.54) is 6.07 Å². The number of fused-ring (bicyclic) bond motifs is 1. The highest BCUT2D eigenvalue weighted by molar-refractivity contribution is 5.91. The summed E-state index contributed by atoms with van der Waals surface area (Å²) in [7, 11) is 0. The van der Waals surface area contributed by atoms with Gasteiger partial charge in [-0.1, -0.05) is 24.3 Å². The molecule has 0 aliphatic carbocycles. The van der Waals surface area contributed by atoms with Crippen LogP contribution >= 0.6 is 0 Å². The summed E-state index contributed by atoms with van der Waals surface area (Å²) < 4.78 is 13.7. The molecule has 0 unspecified atom stereocenters. The van der Waals surface area contributed by atoms with E-state index in [0.29, 0.717) is 24.2 Å². The maximum absolute atomic E-state index is 13.7. The van der Waals surface area contributed by atoms with Gasteiger partial charge in [0.25, 0.3) is 0 Å². The fraction of sp³-hybridized carbons (Fsp3) is 0.150. The van der Waals surface area contributed by atoms with Gasteiger partial charge in [-0.2, -0.15) is 5.10 Å². The number of aromatic nitrogens is 4. The van der Waals surface area contributed by atoms with Gasteiger partial charge in [-0.3, -0.25) is 5.10 Å². The number of rotatable bonds is 5. The third kappa shape index (κ3) is 3.57. The minimum Gasteiger partial charge on any atom is -0.382 e. The fourth-order valence-corrected chi connectivity index (χ4v) is 3.16. The lowest BCUT2D eigenvalue weighted by Gasteiger charge is -2.07. The molecule has 0 amide bonds. The number of halogens is 1. The SMILES string of the molecule is Nc1nc(CCCc2ccccc2F)cc(-c2ccc3c(N)n[nH]c3c2)n1. The van der Waals surface area contributed by atoms with E-state index < -0.39 is 0 Å². The Bertz CT molecular complexity index is 1100. The highest BCUT2D eigenvalue weighted by Crippen LogP contribution is 2.25. The van der Waals surface area contributed by atoms with Crippen molar-refractivity contribution in [3.8, 4) is 11.3 Å². The minimum absolute atomic E-state index is 0.174. The second kappa shape index (κ2) is 7.03. The Labute approximate surface area is 155 Å². The number of hydrogen-bond acceptors (Lipinski definition) is 5. The number of nitrogens with zero attached hydrogens (tertiary/aromatic N) is 3. The Morgan fingerprint density at radius 2 is 1.81 bits per heavy atom. The van der Waals surface area contributed by atoms with Gasteiger partial charge in [0.15, 0.2) is 5.82 Å². The molecule has 7 heteroatoms. The number of aromatic amines is 1. The van der Waals surface area contributed by atoms with Crippen molar-refractivity contribution in [2.24, 2.45) is 0 Å². The van der Waals surface area contributed by atoms with Gasteiger partial charge in [0.05, 0.1) is 11.2 Å². The highest BCUT2D eigenvalue weighted by Gasteiger charge is 2.09. The molecule has 6 nitrogen and oxygen atoms in total. The number of H-pyrrole nitrogens is 1. The highest BCUT2D eigenvalue weighted by atomic mass is 19.1. The van der Waals surface area contributed by atoms with Crippen LogP contribution in [0.15, 0.2) is 48.5 Å². The van der Waals surface area contributed by atoms with E-state index in [4.69, 9.17) is 11.5 Å². The number of hydrogen-bond donors (Lipinski definition) is 3. The zero-order valence-corrected chi connectivity index (χ0v) is 14.6. The molecule has 0 bridgehead atoms. The molecule has 0 spiro atoms. The summed E-state index contributed by atoms with van der Waals surface area (Å²) in [5.41, 5.74) is 15.7. The van der Waals surface area contributed by atoms with E-state index in [2.05, 4.69) is 20.2 Å². The predicted octanol–water partition coefficient (Wildman–Crippen LogP) is 3.50. The van der Waals surface area contributed by atoms with Gasteiger partial charge in [-0.05, 0) is 49.1 Å². The van der Waals surface area contributed by atoms with Crippen molar-refractivity contribution in [3.05, 3.63) is 65.6 Å². The Morgan fingerprint density at radius 3 is 2.67 bits per heavy atom. The molecule has 0 saturated carbocycles. The van der Waals surface area contributed by atoms with E-state index in [-0.39, 0.29) is 11.8 Å². The van der Waals surface area contributed by atoms with Crippen LogP contribution in [0.5, 0.6) is 0 Å². The summed E-state index contributed by atoms with van der Waals surface area (Å²) in [6.45, 7) is 0. The third-order valence-corrected chi connectivity index (χ3v) is 4.52. The summed E-state index contributed by atoms with van der Waals surface area (Å²) in [5.74, 6) is 0.512. The predicted molar refractivity (Wildman–Crippen MR) is 104 cm³/mol. The first-order valence-corrected chi connectivity index (χ1v) is 8.71. The van der Waals surface area contributed by atoms with Gasteiger partial charge in [0.2, 0.25) is 5.95 Å². The summed E-state index contributed by atoms with van der Waals surface area (Å²) in [6, 6.07) is 14.5. The van der Waals surface area contributed by atoms with Crippen molar-refractivity contribution in [1.82, 2.24) is 20.2 Å². The lowest BCUT2D eigenvalue weighted by atomic mass is 10.0. The average molecular weight is 362 g/mol. The van der Waals surface area contributed by atoms with Crippen LogP contribution in [-0.4, -0.2) is 20.2 Å². The Morgan fingerprint density at radius 1 is 0.963 bits per heavy atom. The molecule has 4 rings (SSSR count). The molecule has 2 aromatic carbocycles. The van der Waals surface area contributed by atoms with E-state index in [1.807, 2.05) is 30.3 Å². The van der Waals surface area contributed by atoms with Crippen molar-refractivity contribution in [2.45, 2.75) is 19.3 Å². The van der Waals surface area contributed by atoms with Crippen LogP contribution in [0.4, 0.5) is 16.2 Å². The van der Waals surface area contributed by atoms with Crippen LogP contribution in [0.3, 0.4) is 0 Å². The maximum atomic E-state index is 13.7. The van der Waals surface area contributed by atoms with Crippen molar-refractivity contribution >= 4 is 22.7 Å². The van der Waals surface area contributed by atoms with E-state index in [9.17, 15) is 4.39 Å². The van der Waals surface area contributed by atoms with Crippen molar-refractivity contribution < 1.29 is 4.39 Å². The standard InChI is InChI=1S/C20H19FN6/c21-16-7-2-1-4-12(16)5-3-6-14-11-17(25-20(23)24-14)13-8-9-15-18(10-13)26-27-19(15)22/h1-2,4,7-11H,3,5-6H2,(H3,22,26,27)(H2,23,24,25). The van der Waals surface area contributed by atoms with Gasteiger partial charge in [0.1, 0.15) is 5.82 Å². The normalized spacial score (nSPS) is 11.1. The van der Waals surface area contributed by atoms with Gasteiger partial charge in [0, 0.05) is 16.6 Å². The number of benzene rings is 2. The van der Waals surface area contributed by atoms with Crippen molar-refractivity contribution in [2.75, 3.05) is 11.5 Å². The monoisotopic (exact) mass is 362 g/mol. The Hall–Kier alpha value is -3.48. The molecule has 2 aromatic heterocycles. The first-order valence-electron chi connectivity index (χ1n) is 8.71. The maximum Gasteiger partial charge on any atom is 0.220 e. The van der Waals surface area contributed by atoms with E-state index >= 15 is 0 Å². The molecule has 27 heavy (non-hydrogen) atoms. The Balaban J connectivity index is 1.54. The van der Waals surface area contributed by atoms with Crippen molar-refractivity contribution in [3.63, 3.8) is 0 Å². The zero-order chi connectivity index (χ0) is 18.8. The molecule has 0 radical (unpaired) electrons. The van der Waals surface area contributed by atoms with Crippen molar-refractivity contribution in [1.29, 1.82) is 0 Å². The molecular formula is C20H19FN6. The van der Waals surface area contributed by atoms with Crippen LogP contribution < -0.4 is 11.5 Å². The van der Waals surface area contributed by atoms with Crippen LogP contribution in [0, 0.1) is 5.82 Å². The van der Waals surface area contributed by atoms with Gasteiger partial charge >= 0.3 is 0 Å². The summed E-state index contributed by atoms with van der Waals surface area (Å²) >= 11 is 0. The largest absolute Gasteiger partial charge is 0.382 e. The van der Waals surface area contributed by atoms with Crippen LogP contribution in [-0.2, 0) is 12.8 Å². The minimum atomic E-state index is -0.174. The average Bonchev–Trinajstić information content (AvgIpc) is 3.03. The first-order chi connectivity index (χ1) is 13.1. The number of nitrogens with one attached hydrogen (secondary N) is 1. The number of nitrogen functional groups attached to an aromatic ring is 2. The smallest absolute Gasteiger partial charge is 0.220 e. The molecule has 0 aliphatic rings. The topological polar surface area (TPSA) is 106 Å². The third-order valence-electron chi connectivity index (χ3n) is 4.52. The summed E-state index contributed by atoms with van der Waals surface area (Å²) in [6.07, 6.45) is 2.10. The first kappa shape index (κ1) is 17.0. The fourth-order valence-electron chi connectivity index (χ4n) is 3.16. The molecule has 0 fully saturated rings. The molecule has 4 aromatic rings. The Kier molecular flexibility index (Phi) is 4.42. The molecule has 0 atom stereocenters. The van der Waals surface area contributed by atoms with E-state index in [1.54, 1.807) is 12.1 Å². The molecular weight excluding hydrogens is 343 g/mol. The molecule has 0 saturated heterocycles. The molecule has 2 heterocycles. The second-order valence-corrected chi connectivity index (χ2v) is 6.42. The number of aryl methyl sites for hydroxylation is 2. The lowest BCUT2D eigenvalue weighted by Crippen LogP contribution is -2.02.